The molecule has 90 valence electrons. The Morgan fingerprint density at radius 2 is 2.06 bits per heavy atom. The first-order valence-electron chi connectivity index (χ1n) is 5.51. The quantitative estimate of drug-likeness (QED) is 0.555. The molecule has 1 aromatic rings. The zero-order valence-corrected chi connectivity index (χ0v) is 9.63. The SMILES string of the molecule is COCCCCCNc1cc(N)cc(F)c1. The van der Waals surface area contributed by atoms with Crippen molar-refractivity contribution in [3.05, 3.63) is 24.0 Å². The molecule has 0 atom stereocenters. The van der Waals surface area contributed by atoms with E-state index in [9.17, 15) is 4.39 Å². The number of halogens is 1. The van der Waals surface area contributed by atoms with Crippen LogP contribution in [0.1, 0.15) is 19.3 Å². The van der Waals surface area contributed by atoms with Crippen molar-refractivity contribution in [1.82, 2.24) is 0 Å². The minimum atomic E-state index is -0.304. The van der Waals surface area contributed by atoms with Crippen molar-refractivity contribution in [3.63, 3.8) is 0 Å². The Morgan fingerprint density at radius 3 is 2.75 bits per heavy atom. The highest BCUT2D eigenvalue weighted by molar-refractivity contribution is 5.54. The highest BCUT2D eigenvalue weighted by atomic mass is 19.1. The van der Waals surface area contributed by atoms with Crippen LogP contribution in [0.3, 0.4) is 0 Å². The molecule has 0 aromatic heterocycles. The summed E-state index contributed by atoms with van der Waals surface area (Å²) in [7, 11) is 1.70. The number of methoxy groups -OCH3 is 1. The molecule has 16 heavy (non-hydrogen) atoms. The largest absolute Gasteiger partial charge is 0.399 e. The lowest BCUT2D eigenvalue weighted by atomic mass is 10.2. The number of ether oxygens (including phenoxy) is 1. The molecule has 0 bridgehead atoms. The van der Waals surface area contributed by atoms with Crippen molar-refractivity contribution in [1.29, 1.82) is 0 Å². The zero-order valence-electron chi connectivity index (χ0n) is 9.63. The fourth-order valence-corrected chi connectivity index (χ4v) is 1.50. The maximum absolute atomic E-state index is 13.0. The second kappa shape index (κ2) is 7.06. The van der Waals surface area contributed by atoms with Crippen molar-refractivity contribution >= 4 is 11.4 Å². The minimum Gasteiger partial charge on any atom is -0.399 e. The molecule has 1 aromatic carbocycles. The predicted molar refractivity (Wildman–Crippen MR) is 65.0 cm³/mol. The van der Waals surface area contributed by atoms with E-state index in [1.807, 2.05) is 0 Å². The Labute approximate surface area is 95.8 Å². The Morgan fingerprint density at radius 1 is 1.25 bits per heavy atom. The molecule has 0 aliphatic rings. The highest BCUT2D eigenvalue weighted by Gasteiger charge is 1.97. The molecule has 0 heterocycles. The Hall–Kier alpha value is -1.29. The van der Waals surface area contributed by atoms with E-state index < -0.39 is 0 Å². The van der Waals surface area contributed by atoms with E-state index in [4.69, 9.17) is 10.5 Å². The molecule has 0 radical (unpaired) electrons. The summed E-state index contributed by atoms with van der Waals surface area (Å²) in [4.78, 5) is 0. The summed E-state index contributed by atoms with van der Waals surface area (Å²) in [5, 5.41) is 3.14. The smallest absolute Gasteiger partial charge is 0.127 e. The Bertz CT molecular complexity index is 298. The standard InChI is InChI=1S/C12H19FN2O/c1-16-6-4-2-3-5-15-12-8-10(13)7-11(14)9-12/h7-9,15H,2-6,14H2,1H3. The van der Waals surface area contributed by atoms with Crippen LogP contribution in [0.4, 0.5) is 15.8 Å². The van der Waals surface area contributed by atoms with Gasteiger partial charge in [0.05, 0.1) is 0 Å². The van der Waals surface area contributed by atoms with Gasteiger partial charge >= 0.3 is 0 Å². The van der Waals surface area contributed by atoms with Crippen LogP contribution >= 0.6 is 0 Å². The van der Waals surface area contributed by atoms with E-state index in [-0.39, 0.29) is 5.82 Å². The molecule has 3 N–H and O–H groups in total. The third-order valence-electron chi connectivity index (χ3n) is 2.27. The van der Waals surface area contributed by atoms with Crippen molar-refractivity contribution in [2.24, 2.45) is 0 Å². The maximum atomic E-state index is 13.0. The molecular formula is C12H19FN2O. The minimum absolute atomic E-state index is 0.304. The van der Waals surface area contributed by atoms with E-state index in [1.54, 1.807) is 13.2 Å². The number of hydrogen-bond donors (Lipinski definition) is 2. The van der Waals surface area contributed by atoms with Gasteiger partial charge in [-0.25, -0.2) is 4.39 Å². The van der Waals surface area contributed by atoms with Gasteiger partial charge in [-0.05, 0) is 37.5 Å². The number of nitrogens with two attached hydrogens (primary N) is 1. The van der Waals surface area contributed by atoms with Crippen LogP contribution in [0.25, 0.3) is 0 Å². The number of benzene rings is 1. The lowest BCUT2D eigenvalue weighted by Crippen LogP contribution is -2.03. The molecule has 0 aliphatic carbocycles. The molecule has 4 heteroatoms. The second-order valence-electron chi connectivity index (χ2n) is 3.75. The molecule has 0 unspecified atom stereocenters. The highest BCUT2D eigenvalue weighted by Crippen LogP contribution is 2.15. The van der Waals surface area contributed by atoms with Gasteiger partial charge in [0.2, 0.25) is 0 Å². The van der Waals surface area contributed by atoms with Crippen LogP contribution in [-0.2, 0) is 4.74 Å². The molecule has 1 rings (SSSR count). The van der Waals surface area contributed by atoms with Crippen molar-refractivity contribution < 1.29 is 9.13 Å². The van der Waals surface area contributed by atoms with E-state index in [2.05, 4.69) is 5.32 Å². The van der Waals surface area contributed by atoms with Gasteiger partial charge in [0.25, 0.3) is 0 Å². The summed E-state index contributed by atoms with van der Waals surface area (Å²) in [5.74, 6) is -0.304. The number of hydrogen-bond acceptors (Lipinski definition) is 3. The van der Waals surface area contributed by atoms with Crippen LogP contribution in [0.5, 0.6) is 0 Å². The Balaban J connectivity index is 2.21. The normalized spacial score (nSPS) is 10.4. The van der Waals surface area contributed by atoms with Gasteiger partial charge in [0, 0.05) is 31.6 Å². The van der Waals surface area contributed by atoms with Crippen LogP contribution in [0, 0.1) is 5.82 Å². The summed E-state index contributed by atoms with van der Waals surface area (Å²) >= 11 is 0. The first-order chi connectivity index (χ1) is 7.72. The lowest BCUT2D eigenvalue weighted by Gasteiger charge is -2.07. The van der Waals surface area contributed by atoms with Crippen molar-refractivity contribution in [2.75, 3.05) is 31.3 Å². The molecule has 0 spiro atoms. The molecule has 3 nitrogen and oxygen atoms in total. The maximum Gasteiger partial charge on any atom is 0.127 e. The summed E-state index contributed by atoms with van der Waals surface area (Å²) in [6.07, 6.45) is 3.20. The molecule has 0 saturated carbocycles. The van der Waals surface area contributed by atoms with Crippen LogP contribution < -0.4 is 11.1 Å². The van der Waals surface area contributed by atoms with Gasteiger partial charge in [-0.15, -0.1) is 0 Å². The van der Waals surface area contributed by atoms with Gasteiger partial charge in [-0.1, -0.05) is 0 Å². The topological polar surface area (TPSA) is 47.3 Å². The van der Waals surface area contributed by atoms with Gasteiger partial charge in [-0.2, -0.15) is 0 Å². The summed E-state index contributed by atoms with van der Waals surface area (Å²) < 4.78 is 17.9. The average Bonchev–Trinajstić information content (AvgIpc) is 2.22. The van der Waals surface area contributed by atoms with Crippen LogP contribution in [-0.4, -0.2) is 20.3 Å². The number of rotatable bonds is 7. The summed E-state index contributed by atoms with van der Waals surface area (Å²) in [6.45, 7) is 1.62. The second-order valence-corrected chi connectivity index (χ2v) is 3.75. The predicted octanol–water partition coefficient (Wildman–Crippen LogP) is 2.64. The van der Waals surface area contributed by atoms with E-state index >= 15 is 0 Å². The first-order valence-corrected chi connectivity index (χ1v) is 5.51. The summed E-state index contributed by atoms with van der Waals surface area (Å²) in [5.41, 5.74) is 6.72. The zero-order chi connectivity index (χ0) is 11.8. The third kappa shape index (κ3) is 4.98. The molecule has 0 amide bonds. The Kier molecular flexibility index (Phi) is 5.64. The van der Waals surface area contributed by atoms with E-state index in [1.165, 1.54) is 12.1 Å². The van der Waals surface area contributed by atoms with Crippen molar-refractivity contribution in [3.8, 4) is 0 Å². The van der Waals surface area contributed by atoms with Gasteiger partial charge in [0.1, 0.15) is 5.82 Å². The number of unbranched alkanes of at least 4 members (excludes halogenated alkanes) is 2. The molecule has 0 fully saturated rings. The number of nitrogen functional groups attached to an aromatic ring is 1. The van der Waals surface area contributed by atoms with Gasteiger partial charge < -0.3 is 15.8 Å². The van der Waals surface area contributed by atoms with Gasteiger partial charge in [-0.3, -0.25) is 0 Å². The first kappa shape index (κ1) is 12.8. The number of nitrogens with one attached hydrogen (secondary N) is 1. The number of anilines is 2. The van der Waals surface area contributed by atoms with Gasteiger partial charge in [0.15, 0.2) is 0 Å². The molecule has 0 saturated heterocycles. The average molecular weight is 226 g/mol. The summed E-state index contributed by atoms with van der Waals surface area (Å²) in [6, 6.07) is 4.49. The monoisotopic (exact) mass is 226 g/mol. The third-order valence-corrected chi connectivity index (χ3v) is 2.27. The van der Waals surface area contributed by atoms with Crippen LogP contribution in [0.2, 0.25) is 0 Å². The van der Waals surface area contributed by atoms with Crippen LogP contribution in [0.15, 0.2) is 18.2 Å². The lowest BCUT2D eigenvalue weighted by molar-refractivity contribution is 0.192. The fourth-order valence-electron chi connectivity index (χ4n) is 1.50. The molecular weight excluding hydrogens is 207 g/mol. The molecule has 0 aliphatic heterocycles. The van der Waals surface area contributed by atoms with E-state index in [0.717, 1.165) is 38.1 Å². The van der Waals surface area contributed by atoms with E-state index in [0.29, 0.717) is 5.69 Å². The van der Waals surface area contributed by atoms with Crippen molar-refractivity contribution in [2.45, 2.75) is 19.3 Å². The fraction of sp³-hybridized carbons (Fsp3) is 0.500.